The molecule has 7 heavy (non-hydrogen) atoms. The highest BCUT2D eigenvalue weighted by molar-refractivity contribution is 7.84. The molecular formula is C6H12S. The number of hydrogen-bond acceptors (Lipinski definition) is 1. The van der Waals surface area contributed by atoms with Gasteiger partial charge in [-0.05, 0) is 18.2 Å². The van der Waals surface area contributed by atoms with E-state index in [0.717, 1.165) is 6.42 Å². The second-order valence-electron chi connectivity index (χ2n) is 1.53. The first-order valence-corrected chi connectivity index (χ1v) is 3.10. The lowest BCUT2D eigenvalue weighted by atomic mass is 10.3. The van der Waals surface area contributed by atoms with Crippen molar-refractivity contribution in [1.82, 2.24) is 0 Å². The lowest BCUT2D eigenvalue weighted by Crippen LogP contribution is -1.66. The Labute approximate surface area is 51.0 Å². The molecule has 0 aliphatic heterocycles. The minimum atomic E-state index is 1.12. The Kier molecular flexibility index (Phi) is 4.31. The first-order chi connectivity index (χ1) is 3.31. The van der Waals surface area contributed by atoms with E-state index < -0.39 is 0 Å². The molecule has 0 saturated heterocycles. The Balaban J connectivity index is 3.17. The zero-order chi connectivity index (χ0) is 5.70. The number of thiol groups is 1. The molecule has 0 atom stereocenters. The van der Waals surface area contributed by atoms with Gasteiger partial charge in [-0.2, -0.15) is 0 Å². The monoisotopic (exact) mass is 116 g/mol. The second kappa shape index (κ2) is 4.25. The maximum absolute atomic E-state index is 4.17. The van der Waals surface area contributed by atoms with Crippen LogP contribution in [-0.2, 0) is 0 Å². The van der Waals surface area contributed by atoms with Crippen LogP contribution in [0.5, 0.6) is 0 Å². The molecule has 0 unspecified atom stereocenters. The average Bonchev–Trinajstić information content (AvgIpc) is 1.68. The first kappa shape index (κ1) is 7.09. The van der Waals surface area contributed by atoms with E-state index >= 15 is 0 Å². The molecule has 0 amide bonds. The predicted octanol–water partition coefficient (Wildman–Crippen LogP) is 2.62. The molecule has 0 aromatic heterocycles. The van der Waals surface area contributed by atoms with Gasteiger partial charge in [-0.3, -0.25) is 0 Å². The second-order valence-corrected chi connectivity index (χ2v) is 2.10. The third-order valence-corrected chi connectivity index (χ3v) is 1.32. The van der Waals surface area contributed by atoms with Crippen LogP contribution in [0.1, 0.15) is 26.7 Å². The summed E-state index contributed by atoms with van der Waals surface area (Å²) < 4.78 is 0. The molecule has 1 heteroatoms. The van der Waals surface area contributed by atoms with Crippen molar-refractivity contribution in [2.24, 2.45) is 0 Å². The topological polar surface area (TPSA) is 0 Å². The van der Waals surface area contributed by atoms with Crippen molar-refractivity contribution in [2.75, 3.05) is 0 Å². The van der Waals surface area contributed by atoms with Gasteiger partial charge in [0.05, 0.1) is 0 Å². The fourth-order valence-electron chi connectivity index (χ4n) is 0.400. The molecular weight excluding hydrogens is 104 g/mol. The van der Waals surface area contributed by atoms with E-state index in [1.165, 1.54) is 11.3 Å². The van der Waals surface area contributed by atoms with Crippen molar-refractivity contribution in [3.05, 3.63) is 11.0 Å². The van der Waals surface area contributed by atoms with Gasteiger partial charge in [0, 0.05) is 0 Å². The molecule has 0 aliphatic rings. The summed E-state index contributed by atoms with van der Waals surface area (Å²) in [5.41, 5.74) is 0. The van der Waals surface area contributed by atoms with Gasteiger partial charge in [0.15, 0.2) is 0 Å². The Morgan fingerprint density at radius 1 is 1.71 bits per heavy atom. The zero-order valence-corrected chi connectivity index (χ0v) is 5.83. The maximum atomic E-state index is 4.17. The average molecular weight is 116 g/mol. The SMILES string of the molecule is CC=C(S)CCC. The summed E-state index contributed by atoms with van der Waals surface area (Å²) in [6.07, 6.45) is 4.36. The highest BCUT2D eigenvalue weighted by Gasteiger charge is 1.80. The number of hydrogen-bond donors (Lipinski definition) is 1. The molecule has 0 spiro atoms. The summed E-state index contributed by atoms with van der Waals surface area (Å²) in [6, 6.07) is 0. The molecule has 0 heterocycles. The molecule has 0 aromatic rings. The summed E-state index contributed by atoms with van der Waals surface area (Å²) in [6.45, 7) is 4.16. The van der Waals surface area contributed by atoms with E-state index in [2.05, 4.69) is 19.6 Å². The number of rotatable bonds is 2. The fraction of sp³-hybridized carbons (Fsp3) is 0.667. The van der Waals surface area contributed by atoms with Gasteiger partial charge in [-0.15, -0.1) is 12.6 Å². The van der Waals surface area contributed by atoms with E-state index in [1.807, 2.05) is 13.0 Å². The van der Waals surface area contributed by atoms with Gasteiger partial charge in [0.2, 0.25) is 0 Å². The van der Waals surface area contributed by atoms with Crippen molar-refractivity contribution >= 4 is 12.6 Å². The van der Waals surface area contributed by atoms with Crippen LogP contribution in [0.15, 0.2) is 11.0 Å². The number of allylic oxidation sites excluding steroid dienone is 2. The van der Waals surface area contributed by atoms with Crippen LogP contribution in [0, 0.1) is 0 Å². The molecule has 0 aliphatic carbocycles. The fourth-order valence-corrected chi connectivity index (χ4v) is 0.624. The molecule has 0 N–H and O–H groups in total. The van der Waals surface area contributed by atoms with E-state index in [1.54, 1.807) is 0 Å². The van der Waals surface area contributed by atoms with Crippen LogP contribution >= 0.6 is 12.6 Å². The molecule has 0 aromatic carbocycles. The summed E-state index contributed by atoms with van der Waals surface area (Å²) in [5.74, 6) is 0. The van der Waals surface area contributed by atoms with Crippen molar-refractivity contribution in [2.45, 2.75) is 26.7 Å². The summed E-state index contributed by atoms with van der Waals surface area (Å²) in [7, 11) is 0. The van der Waals surface area contributed by atoms with Crippen LogP contribution < -0.4 is 0 Å². The van der Waals surface area contributed by atoms with Crippen LogP contribution in [0.4, 0.5) is 0 Å². The normalized spacial score (nSPS) is 12.1. The standard InChI is InChI=1S/C6H12S/c1-3-5-6(7)4-2/h4,7H,3,5H2,1-2H3. The molecule has 0 saturated carbocycles. The van der Waals surface area contributed by atoms with E-state index in [9.17, 15) is 0 Å². The minimum Gasteiger partial charge on any atom is -0.148 e. The van der Waals surface area contributed by atoms with Crippen molar-refractivity contribution < 1.29 is 0 Å². The minimum absolute atomic E-state index is 1.12. The van der Waals surface area contributed by atoms with Crippen molar-refractivity contribution in [3.8, 4) is 0 Å². The van der Waals surface area contributed by atoms with E-state index in [-0.39, 0.29) is 0 Å². The third-order valence-electron chi connectivity index (χ3n) is 0.839. The van der Waals surface area contributed by atoms with Crippen LogP contribution in [-0.4, -0.2) is 0 Å². The highest BCUT2D eigenvalue weighted by atomic mass is 32.1. The van der Waals surface area contributed by atoms with Crippen LogP contribution in [0.25, 0.3) is 0 Å². The quantitative estimate of drug-likeness (QED) is 0.527. The summed E-state index contributed by atoms with van der Waals surface area (Å²) in [5, 5.41) is 0. The summed E-state index contributed by atoms with van der Waals surface area (Å²) in [4.78, 5) is 1.20. The van der Waals surface area contributed by atoms with Gasteiger partial charge >= 0.3 is 0 Å². The Morgan fingerprint density at radius 3 is 2.43 bits per heavy atom. The molecule has 0 fully saturated rings. The molecule has 0 nitrogen and oxygen atoms in total. The molecule has 42 valence electrons. The molecule has 0 rings (SSSR count). The molecule has 0 radical (unpaired) electrons. The van der Waals surface area contributed by atoms with Gasteiger partial charge in [-0.25, -0.2) is 0 Å². The Morgan fingerprint density at radius 2 is 2.29 bits per heavy atom. The largest absolute Gasteiger partial charge is 0.148 e. The van der Waals surface area contributed by atoms with Crippen LogP contribution in [0.2, 0.25) is 0 Å². The summed E-state index contributed by atoms with van der Waals surface area (Å²) >= 11 is 4.17. The third kappa shape index (κ3) is 3.93. The highest BCUT2D eigenvalue weighted by Crippen LogP contribution is 2.06. The van der Waals surface area contributed by atoms with Gasteiger partial charge in [0.25, 0.3) is 0 Å². The predicted molar refractivity (Wildman–Crippen MR) is 37.7 cm³/mol. The maximum Gasteiger partial charge on any atom is -0.0227 e. The van der Waals surface area contributed by atoms with E-state index in [0.29, 0.717) is 0 Å². The van der Waals surface area contributed by atoms with Crippen molar-refractivity contribution in [1.29, 1.82) is 0 Å². The Hall–Kier alpha value is 0.0900. The van der Waals surface area contributed by atoms with Crippen molar-refractivity contribution in [3.63, 3.8) is 0 Å². The van der Waals surface area contributed by atoms with E-state index in [4.69, 9.17) is 0 Å². The van der Waals surface area contributed by atoms with Gasteiger partial charge in [0.1, 0.15) is 0 Å². The van der Waals surface area contributed by atoms with Gasteiger partial charge < -0.3 is 0 Å². The van der Waals surface area contributed by atoms with Gasteiger partial charge in [-0.1, -0.05) is 19.4 Å². The first-order valence-electron chi connectivity index (χ1n) is 2.65. The molecule has 0 bridgehead atoms. The zero-order valence-electron chi connectivity index (χ0n) is 4.94. The lowest BCUT2D eigenvalue weighted by Gasteiger charge is -1.89. The van der Waals surface area contributed by atoms with Crippen LogP contribution in [0.3, 0.4) is 0 Å². The lowest BCUT2D eigenvalue weighted by molar-refractivity contribution is 0.947. The smallest absolute Gasteiger partial charge is 0.0227 e. The Bertz CT molecular complexity index is 64.6.